The van der Waals surface area contributed by atoms with Crippen LogP contribution in [0.2, 0.25) is 5.02 Å². The lowest BCUT2D eigenvalue weighted by molar-refractivity contribution is -0.151. The molecule has 1 aliphatic carbocycles. The maximum Gasteiger partial charge on any atom is 0.399 e. The van der Waals surface area contributed by atoms with Crippen LogP contribution in [0, 0.1) is 5.92 Å². The molecule has 1 heterocycles. The van der Waals surface area contributed by atoms with Gasteiger partial charge in [0, 0.05) is 48.7 Å². The molecule has 3 rings (SSSR count). The van der Waals surface area contributed by atoms with Gasteiger partial charge in [-0.2, -0.15) is 13.2 Å². The van der Waals surface area contributed by atoms with E-state index in [1.165, 1.54) is 24.3 Å². The molecule has 2 aliphatic rings. The first-order valence-corrected chi connectivity index (χ1v) is 9.28. The van der Waals surface area contributed by atoms with E-state index in [1.54, 1.807) is 18.3 Å². The number of nitrogens with one attached hydrogen (secondary N) is 1. The fourth-order valence-corrected chi connectivity index (χ4v) is 3.20. The molecule has 0 radical (unpaired) electrons. The Balaban J connectivity index is 1.76. The number of allylic oxidation sites excluding steroid dienone is 4. The molecule has 28 heavy (non-hydrogen) atoms. The molecule has 0 aromatic heterocycles. The van der Waals surface area contributed by atoms with Crippen LogP contribution in [0.4, 0.5) is 13.2 Å². The molecule has 1 fully saturated rings. The van der Waals surface area contributed by atoms with Crippen LogP contribution < -0.4 is 5.32 Å². The van der Waals surface area contributed by atoms with E-state index in [9.17, 15) is 18.0 Å². The molecule has 0 spiro atoms. The third-order valence-electron chi connectivity index (χ3n) is 4.75. The number of carbonyl (C=O) groups excluding carboxylic acids is 1. The number of benzene rings is 1. The quantitative estimate of drug-likeness (QED) is 0.821. The lowest BCUT2D eigenvalue weighted by atomic mass is 9.93. The van der Waals surface area contributed by atoms with Crippen molar-refractivity contribution < 1.29 is 18.0 Å². The van der Waals surface area contributed by atoms with Crippen LogP contribution in [0.1, 0.15) is 10.4 Å². The van der Waals surface area contributed by atoms with Crippen LogP contribution in [0.25, 0.3) is 0 Å². The molecule has 150 valence electrons. The Morgan fingerprint density at radius 2 is 1.79 bits per heavy atom. The number of hydrogen-bond donors (Lipinski definition) is 1. The molecule has 1 aromatic rings. The standard InChI is InChI=1S/C20H21ClF3N3O/c1-26-8-10-27(11-9-26)13-15-4-7-17(12-18(15)20(22,23)24)25-19(28)14-2-5-16(21)6-3-14/h2-7,12-13,18H,8-11H2,1H3,(H,25,28). The summed E-state index contributed by atoms with van der Waals surface area (Å²) in [7, 11) is 1.99. The van der Waals surface area contributed by atoms with Crippen molar-refractivity contribution in [3.05, 3.63) is 70.5 Å². The molecule has 1 N–H and O–H groups in total. The summed E-state index contributed by atoms with van der Waals surface area (Å²) in [6.07, 6.45) is 1.11. The third kappa shape index (κ3) is 5.17. The van der Waals surface area contributed by atoms with Crippen LogP contribution >= 0.6 is 11.6 Å². The van der Waals surface area contributed by atoms with E-state index in [4.69, 9.17) is 11.6 Å². The SMILES string of the molecule is CN1CCN(C=C2C=CC(NC(=O)c3ccc(Cl)cc3)=CC2C(F)(F)F)CC1. The zero-order valence-corrected chi connectivity index (χ0v) is 16.1. The van der Waals surface area contributed by atoms with Crippen molar-refractivity contribution in [1.29, 1.82) is 0 Å². The lowest BCUT2D eigenvalue weighted by Gasteiger charge is -2.33. The van der Waals surface area contributed by atoms with Gasteiger partial charge in [-0.3, -0.25) is 4.79 Å². The number of carbonyl (C=O) groups is 1. The number of alkyl halides is 3. The summed E-state index contributed by atoms with van der Waals surface area (Å²) in [4.78, 5) is 16.3. The number of rotatable bonds is 3. The van der Waals surface area contributed by atoms with Gasteiger partial charge in [0.25, 0.3) is 5.91 Å². The van der Waals surface area contributed by atoms with Crippen molar-refractivity contribution in [1.82, 2.24) is 15.1 Å². The minimum Gasteiger partial charge on any atom is -0.375 e. The van der Waals surface area contributed by atoms with Crippen LogP contribution in [0.15, 0.2) is 60.0 Å². The second-order valence-electron chi connectivity index (χ2n) is 6.90. The zero-order valence-electron chi connectivity index (χ0n) is 15.3. The van der Waals surface area contributed by atoms with Crippen molar-refractivity contribution in [2.45, 2.75) is 6.18 Å². The van der Waals surface area contributed by atoms with E-state index in [0.29, 0.717) is 23.7 Å². The summed E-state index contributed by atoms with van der Waals surface area (Å²) in [5.74, 6) is -2.25. The van der Waals surface area contributed by atoms with Crippen LogP contribution in [-0.4, -0.2) is 55.1 Å². The predicted molar refractivity (Wildman–Crippen MR) is 103 cm³/mol. The highest BCUT2D eigenvalue weighted by molar-refractivity contribution is 6.30. The molecule has 0 saturated carbocycles. The second-order valence-corrected chi connectivity index (χ2v) is 7.34. The monoisotopic (exact) mass is 411 g/mol. The van der Waals surface area contributed by atoms with E-state index in [0.717, 1.165) is 19.2 Å². The number of hydrogen-bond acceptors (Lipinski definition) is 3. The van der Waals surface area contributed by atoms with Gasteiger partial charge in [0.15, 0.2) is 0 Å². The predicted octanol–water partition coefficient (Wildman–Crippen LogP) is 3.83. The molecule has 1 aromatic carbocycles. The van der Waals surface area contributed by atoms with Gasteiger partial charge in [-0.1, -0.05) is 17.7 Å². The summed E-state index contributed by atoms with van der Waals surface area (Å²) >= 11 is 5.79. The largest absolute Gasteiger partial charge is 0.399 e. The average Bonchev–Trinajstić information content (AvgIpc) is 2.64. The number of likely N-dealkylation sites (N-methyl/N-ethyl adjacent to an activating group) is 1. The van der Waals surface area contributed by atoms with Crippen molar-refractivity contribution in [3.8, 4) is 0 Å². The molecule has 1 saturated heterocycles. The van der Waals surface area contributed by atoms with Gasteiger partial charge in [-0.25, -0.2) is 0 Å². The first-order valence-electron chi connectivity index (χ1n) is 8.90. The number of nitrogens with zero attached hydrogens (tertiary/aromatic N) is 2. The molecule has 1 unspecified atom stereocenters. The van der Waals surface area contributed by atoms with E-state index in [-0.39, 0.29) is 11.3 Å². The fourth-order valence-electron chi connectivity index (χ4n) is 3.08. The van der Waals surface area contributed by atoms with Crippen LogP contribution in [0.3, 0.4) is 0 Å². The van der Waals surface area contributed by atoms with Crippen LogP contribution in [-0.2, 0) is 0 Å². The first kappa shape index (κ1) is 20.5. The van der Waals surface area contributed by atoms with Crippen molar-refractivity contribution >= 4 is 17.5 Å². The molecular formula is C20H21ClF3N3O. The van der Waals surface area contributed by atoms with E-state index in [2.05, 4.69) is 10.2 Å². The Bertz CT molecular complexity index is 807. The normalized spacial score (nSPS) is 22.3. The Hall–Kier alpha value is -2.25. The van der Waals surface area contributed by atoms with Crippen molar-refractivity contribution in [2.75, 3.05) is 33.2 Å². The summed E-state index contributed by atoms with van der Waals surface area (Å²) in [6, 6.07) is 6.14. The molecule has 0 bridgehead atoms. The maximum absolute atomic E-state index is 13.6. The topological polar surface area (TPSA) is 35.6 Å². The summed E-state index contributed by atoms with van der Waals surface area (Å²) < 4.78 is 40.8. The number of piperazine rings is 1. The minimum atomic E-state index is -4.45. The lowest BCUT2D eigenvalue weighted by Crippen LogP contribution is -2.42. The van der Waals surface area contributed by atoms with Crippen molar-refractivity contribution in [2.24, 2.45) is 5.92 Å². The Morgan fingerprint density at radius 1 is 1.14 bits per heavy atom. The molecule has 8 heteroatoms. The first-order chi connectivity index (χ1) is 13.2. The highest BCUT2D eigenvalue weighted by Crippen LogP contribution is 2.37. The number of amides is 1. The molecule has 1 aliphatic heterocycles. The third-order valence-corrected chi connectivity index (χ3v) is 5.00. The van der Waals surface area contributed by atoms with E-state index >= 15 is 0 Å². The Kier molecular flexibility index (Phi) is 6.15. The summed E-state index contributed by atoms with van der Waals surface area (Å²) in [5.41, 5.74) is 0.611. The fraction of sp³-hybridized carbons (Fsp3) is 0.350. The molecule has 1 atom stereocenters. The molecular weight excluding hydrogens is 391 g/mol. The van der Waals surface area contributed by atoms with Gasteiger partial charge < -0.3 is 15.1 Å². The van der Waals surface area contributed by atoms with Crippen molar-refractivity contribution in [3.63, 3.8) is 0 Å². The van der Waals surface area contributed by atoms with E-state index in [1.807, 2.05) is 11.9 Å². The molecule has 1 amide bonds. The molecule has 4 nitrogen and oxygen atoms in total. The second kappa shape index (κ2) is 8.41. The van der Waals surface area contributed by atoms with Crippen LogP contribution in [0.5, 0.6) is 0 Å². The average molecular weight is 412 g/mol. The van der Waals surface area contributed by atoms with Gasteiger partial charge in [0.2, 0.25) is 0 Å². The minimum absolute atomic E-state index is 0.123. The number of halogens is 4. The van der Waals surface area contributed by atoms with Gasteiger partial charge in [0.1, 0.15) is 5.92 Å². The Labute approximate surface area is 166 Å². The van der Waals surface area contributed by atoms with Gasteiger partial charge in [0.05, 0.1) is 0 Å². The maximum atomic E-state index is 13.6. The Morgan fingerprint density at radius 3 is 2.39 bits per heavy atom. The highest BCUT2D eigenvalue weighted by atomic mass is 35.5. The highest BCUT2D eigenvalue weighted by Gasteiger charge is 2.41. The van der Waals surface area contributed by atoms with E-state index < -0.39 is 18.0 Å². The zero-order chi connectivity index (χ0) is 20.3. The summed E-state index contributed by atoms with van der Waals surface area (Å²) in [6.45, 7) is 2.98. The van der Waals surface area contributed by atoms with Gasteiger partial charge in [-0.05, 0) is 49.0 Å². The van der Waals surface area contributed by atoms with Gasteiger partial charge >= 0.3 is 6.18 Å². The smallest absolute Gasteiger partial charge is 0.375 e. The van der Waals surface area contributed by atoms with Gasteiger partial charge in [-0.15, -0.1) is 0 Å². The summed E-state index contributed by atoms with van der Waals surface area (Å²) in [5, 5.41) is 3.01.